The van der Waals surface area contributed by atoms with Gasteiger partial charge in [0, 0.05) is 16.0 Å². The molecule has 1 aliphatic carbocycles. The van der Waals surface area contributed by atoms with E-state index in [0.717, 1.165) is 10.8 Å². The first-order valence-corrected chi connectivity index (χ1v) is 7.81. The number of rotatable bonds is 3. The first kappa shape index (κ1) is 15.1. The number of Topliss-reactive ketones (excluding diaryl/α,β-unsaturated/α-hetero) is 1. The molecule has 3 aromatic carbocycles. The zero-order valence-electron chi connectivity index (χ0n) is 13.1. The predicted molar refractivity (Wildman–Crippen MR) is 95.7 cm³/mol. The highest BCUT2D eigenvalue weighted by Gasteiger charge is 2.32. The van der Waals surface area contributed by atoms with E-state index >= 15 is 0 Å². The van der Waals surface area contributed by atoms with E-state index in [1.54, 1.807) is 36.4 Å². The van der Waals surface area contributed by atoms with Crippen molar-refractivity contribution in [2.45, 2.75) is 6.10 Å². The molecule has 0 aliphatic heterocycles. The zero-order valence-corrected chi connectivity index (χ0v) is 13.1. The minimum atomic E-state index is -1.15. The first-order chi connectivity index (χ1) is 12.2. The van der Waals surface area contributed by atoms with Crippen LogP contribution in [0.3, 0.4) is 0 Å². The van der Waals surface area contributed by atoms with Crippen molar-refractivity contribution in [2.24, 2.45) is 5.11 Å². The molecule has 5 heteroatoms. The second kappa shape index (κ2) is 5.91. The van der Waals surface area contributed by atoms with Gasteiger partial charge in [-0.25, -0.2) is 0 Å². The van der Waals surface area contributed by atoms with Gasteiger partial charge in [-0.2, -0.15) is 0 Å². The molecule has 0 bridgehead atoms. The van der Waals surface area contributed by atoms with Crippen LogP contribution in [-0.2, 0) is 0 Å². The summed E-state index contributed by atoms with van der Waals surface area (Å²) in [4.78, 5) is 15.9. The Hall–Kier alpha value is -3.40. The lowest BCUT2D eigenvalue weighted by Gasteiger charge is -2.25. The van der Waals surface area contributed by atoms with Gasteiger partial charge in [-0.1, -0.05) is 71.8 Å². The van der Waals surface area contributed by atoms with Crippen molar-refractivity contribution >= 4 is 22.3 Å². The Labute approximate surface area is 143 Å². The lowest BCUT2D eigenvalue weighted by molar-refractivity contribution is 0.0988. The summed E-state index contributed by atoms with van der Waals surface area (Å²) in [6.45, 7) is 0. The van der Waals surface area contributed by atoms with Crippen LogP contribution in [0.15, 0.2) is 77.4 Å². The van der Waals surface area contributed by atoms with E-state index < -0.39 is 6.10 Å². The number of hydrogen-bond acceptors (Lipinski definition) is 3. The Morgan fingerprint density at radius 3 is 2.44 bits per heavy atom. The van der Waals surface area contributed by atoms with Gasteiger partial charge in [-0.3, -0.25) is 4.79 Å². The van der Waals surface area contributed by atoms with E-state index in [4.69, 9.17) is 5.53 Å². The van der Waals surface area contributed by atoms with Gasteiger partial charge < -0.3 is 5.11 Å². The molecule has 4 rings (SSSR count). The highest BCUT2D eigenvalue weighted by atomic mass is 16.3. The minimum absolute atomic E-state index is 0.107. The van der Waals surface area contributed by atoms with Crippen LogP contribution in [0, 0.1) is 0 Å². The molecular formula is C20H13N3O2. The average Bonchev–Trinajstić information content (AvgIpc) is 2.66. The predicted octanol–water partition coefficient (Wildman–Crippen LogP) is 4.79. The van der Waals surface area contributed by atoms with E-state index in [2.05, 4.69) is 10.0 Å². The fourth-order valence-electron chi connectivity index (χ4n) is 3.35. The van der Waals surface area contributed by atoms with Crippen molar-refractivity contribution in [2.75, 3.05) is 0 Å². The zero-order chi connectivity index (χ0) is 17.4. The van der Waals surface area contributed by atoms with E-state index in [9.17, 15) is 9.90 Å². The largest absolute Gasteiger partial charge is 0.383 e. The SMILES string of the molecule is [N-]=[N+]=NC1=C(C(=O)c2ccccc2)C(O)c2cccc3cccc1c23. The van der Waals surface area contributed by atoms with Gasteiger partial charge in [-0.05, 0) is 27.4 Å². The van der Waals surface area contributed by atoms with Crippen molar-refractivity contribution in [3.63, 3.8) is 0 Å². The molecule has 0 heterocycles. The van der Waals surface area contributed by atoms with Crippen LogP contribution in [0.25, 0.3) is 26.9 Å². The van der Waals surface area contributed by atoms with Gasteiger partial charge in [0.1, 0.15) is 6.10 Å². The molecule has 0 aromatic heterocycles. The smallest absolute Gasteiger partial charge is 0.192 e. The molecule has 1 N–H and O–H groups in total. The van der Waals surface area contributed by atoms with Crippen LogP contribution in [0.4, 0.5) is 0 Å². The van der Waals surface area contributed by atoms with Crippen LogP contribution in [-0.4, -0.2) is 10.9 Å². The number of aliphatic hydroxyl groups excluding tert-OH is 1. The van der Waals surface area contributed by atoms with Gasteiger partial charge in [0.2, 0.25) is 0 Å². The number of hydrogen-bond donors (Lipinski definition) is 1. The third kappa shape index (κ3) is 2.31. The summed E-state index contributed by atoms with van der Waals surface area (Å²) < 4.78 is 0. The standard InChI is InChI=1S/C20H13N3O2/c21-23-22-18-14-10-4-8-12-9-5-11-15(16(12)14)20(25)17(18)19(24)13-6-2-1-3-7-13/h1-11,20,25H. The molecule has 0 saturated carbocycles. The summed E-state index contributed by atoms with van der Waals surface area (Å²) in [6, 6.07) is 19.8. The monoisotopic (exact) mass is 327 g/mol. The Bertz CT molecular complexity index is 1080. The Balaban J connectivity index is 2.05. The molecule has 0 saturated heterocycles. The highest BCUT2D eigenvalue weighted by Crippen LogP contribution is 2.43. The fraction of sp³-hybridized carbons (Fsp3) is 0.0500. The number of benzene rings is 3. The molecule has 5 nitrogen and oxygen atoms in total. The second-order valence-corrected chi connectivity index (χ2v) is 5.80. The first-order valence-electron chi connectivity index (χ1n) is 7.81. The lowest BCUT2D eigenvalue weighted by Crippen LogP contribution is -2.17. The maximum Gasteiger partial charge on any atom is 0.192 e. The Kier molecular flexibility index (Phi) is 3.58. The number of carbonyl (C=O) groups is 1. The van der Waals surface area contributed by atoms with E-state index in [1.165, 1.54) is 0 Å². The molecule has 120 valence electrons. The van der Waals surface area contributed by atoms with Crippen molar-refractivity contribution in [3.8, 4) is 0 Å². The van der Waals surface area contributed by atoms with Gasteiger partial charge in [-0.15, -0.1) is 0 Å². The molecule has 1 aliphatic rings. The molecule has 0 radical (unpaired) electrons. The fourth-order valence-corrected chi connectivity index (χ4v) is 3.35. The van der Waals surface area contributed by atoms with Gasteiger partial charge in [0.15, 0.2) is 5.78 Å². The lowest BCUT2D eigenvalue weighted by atomic mass is 9.82. The number of nitrogens with zero attached hydrogens (tertiary/aromatic N) is 3. The normalized spacial score (nSPS) is 15.8. The molecule has 0 spiro atoms. The summed E-state index contributed by atoms with van der Waals surface area (Å²) in [6.07, 6.45) is -1.15. The van der Waals surface area contributed by atoms with E-state index in [0.29, 0.717) is 16.7 Å². The molecule has 3 aromatic rings. The molecule has 1 unspecified atom stereocenters. The van der Waals surface area contributed by atoms with Crippen molar-refractivity contribution in [1.82, 2.24) is 0 Å². The van der Waals surface area contributed by atoms with Crippen molar-refractivity contribution in [1.29, 1.82) is 0 Å². The topological polar surface area (TPSA) is 86.1 Å². The summed E-state index contributed by atoms with van der Waals surface area (Å²) in [5.41, 5.74) is 11.0. The maximum atomic E-state index is 13.0. The minimum Gasteiger partial charge on any atom is -0.383 e. The summed E-state index contributed by atoms with van der Waals surface area (Å²) in [7, 11) is 0. The summed E-state index contributed by atoms with van der Waals surface area (Å²) >= 11 is 0. The second-order valence-electron chi connectivity index (χ2n) is 5.80. The van der Waals surface area contributed by atoms with Gasteiger partial charge in [0.25, 0.3) is 0 Å². The molecule has 25 heavy (non-hydrogen) atoms. The van der Waals surface area contributed by atoms with Gasteiger partial charge >= 0.3 is 0 Å². The molecular weight excluding hydrogens is 314 g/mol. The number of azide groups is 1. The van der Waals surface area contributed by atoms with Crippen LogP contribution in [0.1, 0.15) is 27.6 Å². The Morgan fingerprint density at radius 2 is 1.72 bits per heavy atom. The van der Waals surface area contributed by atoms with E-state index in [1.807, 2.05) is 30.3 Å². The quantitative estimate of drug-likeness (QED) is 0.324. The van der Waals surface area contributed by atoms with Crippen molar-refractivity contribution < 1.29 is 9.90 Å². The Morgan fingerprint density at radius 1 is 1.00 bits per heavy atom. The van der Waals surface area contributed by atoms with Crippen LogP contribution >= 0.6 is 0 Å². The van der Waals surface area contributed by atoms with Crippen molar-refractivity contribution in [3.05, 3.63) is 99.4 Å². The number of ketones is 1. The summed E-state index contributed by atoms with van der Waals surface area (Å²) in [5, 5.41) is 16.4. The van der Waals surface area contributed by atoms with Crippen LogP contribution in [0.5, 0.6) is 0 Å². The molecule has 0 fully saturated rings. The third-order valence-corrected chi connectivity index (χ3v) is 4.44. The number of carbonyl (C=O) groups excluding carboxylic acids is 1. The molecule has 1 atom stereocenters. The number of aliphatic hydroxyl groups is 1. The molecule has 0 amide bonds. The average molecular weight is 327 g/mol. The van der Waals surface area contributed by atoms with Crippen LogP contribution in [0.2, 0.25) is 0 Å². The highest BCUT2D eigenvalue weighted by molar-refractivity contribution is 6.17. The summed E-state index contributed by atoms with van der Waals surface area (Å²) in [5.74, 6) is -0.345. The van der Waals surface area contributed by atoms with Crippen LogP contribution < -0.4 is 0 Å². The van der Waals surface area contributed by atoms with Gasteiger partial charge in [0.05, 0.1) is 5.70 Å². The van der Waals surface area contributed by atoms with E-state index in [-0.39, 0.29) is 17.1 Å². The maximum absolute atomic E-state index is 13.0. The third-order valence-electron chi connectivity index (χ3n) is 4.44.